The summed E-state index contributed by atoms with van der Waals surface area (Å²) in [5.74, 6) is -1.21. The molecule has 0 spiro atoms. The molecule has 0 saturated heterocycles. The third kappa shape index (κ3) is 2.39. The topological polar surface area (TPSA) is 64.2 Å². The van der Waals surface area contributed by atoms with Crippen LogP contribution in [0.4, 0.5) is 10.1 Å². The van der Waals surface area contributed by atoms with Gasteiger partial charge in [-0.3, -0.25) is 4.79 Å². The van der Waals surface area contributed by atoms with E-state index in [-0.39, 0.29) is 5.56 Å². The first-order valence-electron chi connectivity index (χ1n) is 6.72. The number of anilines is 1. The Labute approximate surface area is 126 Å². The van der Waals surface area contributed by atoms with Crippen LogP contribution in [0.3, 0.4) is 0 Å². The van der Waals surface area contributed by atoms with Gasteiger partial charge in [0.05, 0.1) is 11.3 Å². The molecule has 3 aromatic rings. The lowest BCUT2D eigenvalue weighted by molar-refractivity contribution is 0.100. The minimum atomic E-state index is -0.697. The summed E-state index contributed by atoms with van der Waals surface area (Å²) in [5, 5.41) is 4.89. The molecule has 5 nitrogen and oxygen atoms in total. The first kappa shape index (κ1) is 14.1. The highest BCUT2D eigenvalue weighted by atomic mass is 19.1. The molecule has 0 atom stereocenters. The highest BCUT2D eigenvalue weighted by molar-refractivity contribution is 6.04. The SMILES string of the molecule is CN(C)c1ccc(-n2cc3cc(F)cc(C(N)=O)c3n2)cc1. The summed E-state index contributed by atoms with van der Waals surface area (Å²) in [7, 11) is 3.91. The van der Waals surface area contributed by atoms with Crippen LogP contribution in [0, 0.1) is 5.82 Å². The van der Waals surface area contributed by atoms with Crippen LogP contribution < -0.4 is 10.6 Å². The van der Waals surface area contributed by atoms with Crippen LogP contribution in [0.15, 0.2) is 42.6 Å². The Kier molecular flexibility index (Phi) is 3.29. The summed E-state index contributed by atoms with van der Waals surface area (Å²) in [6.07, 6.45) is 1.68. The molecule has 0 aliphatic carbocycles. The van der Waals surface area contributed by atoms with Crippen LogP contribution in [0.25, 0.3) is 16.6 Å². The van der Waals surface area contributed by atoms with E-state index in [1.807, 2.05) is 43.3 Å². The van der Waals surface area contributed by atoms with Crippen LogP contribution >= 0.6 is 0 Å². The zero-order valence-electron chi connectivity index (χ0n) is 12.2. The van der Waals surface area contributed by atoms with Gasteiger partial charge in [-0.15, -0.1) is 0 Å². The monoisotopic (exact) mass is 298 g/mol. The second-order valence-corrected chi connectivity index (χ2v) is 5.24. The number of primary amides is 1. The zero-order valence-corrected chi connectivity index (χ0v) is 12.2. The van der Waals surface area contributed by atoms with E-state index < -0.39 is 11.7 Å². The van der Waals surface area contributed by atoms with Gasteiger partial charge in [0.2, 0.25) is 0 Å². The van der Waals surface area contributed by atoms with E-state index in [1.165, 1.54) is 6.07 Å². The molecule has 1 amide bonds. The van der Waals surface area contributed by atoms with Gasteiger partial charge < -0.3 is 10.6 Å². The van der Waals surface area contributed by atoms with Crippen molar-refractivity contribution in [1.82, 2.24) is 9.78 Å². The fourth-order valence-corrected chi connectivity index (χ4v) is 2.32. The van der Waals surface area contributed by atoms with Crippen molar-refractivity contribution in [2.45, 2.75) is 0 Å². The van der Waals surface area contributed by atoms with Gasteiger partial charge in [0.1, 0.15) is 11.3 Å². The predicted molar refractivity (Wildman–Crippen MR) is 83.9 cm³/mol. The largest absolute Gasteiger partial charge is 0.378 e. The quantitative estimate of drug-likeness (QED) is 0.807. The smallest absolute Gasteiger partial charge is 0.251 e. The third-order valence-corrected chi connectivity index (χ3v) is 3.47. The number of hydrogen-bond acceptors (Lipinski definition) is 3. The van der Waals surface area contributed by atoms with Gasteiger partial charge in [0, 0.05) is 31.4 Å². The second-order valence-electron chi connectivity index (χ2n) is 5.24. The Morgan fingerprint density at radius 1 is 1.23 bits per heavy atom. The van der Waals surface area contributed by atoms with Gasteiger partial charge in [-0.2, -0.15) is 5.10 Å². The van der Waals surface area contributed by atoms with Crippen LogP contribution in [-0.4, -0.2) is 29.8 Å². The lowest BCUT2D eigenvalue weighted by atomic mass is 10.1. The summed E-state index contributed by atoms with van der Waals surface area (Å²) in [6.45, 7) is 0. The van der Waals surface area contributed by atoms with Gasteiger partial charge in [0.15, 0.2) is 0 Å². The van der Waals surface area contributed by atoms with E-state index in [9.17, 15) is 9.18 Å². The normalized spacial score (nSPS) is 10.9. The van der Waals surface area contributed by atoms with E-state index in [0.29, 0.717) is 10.9 Å². The predicted octanol–water partition coefficient (Wildman–Crippen LogP) is 2.33. The molecular weight excluding hydrogens is 283 g/mol. The Bertz CT molecular complexity index is 852. The molecule has 112 valence electrons. The number of benzene rings is 2. The summed E-state index contributed by atoms with van der Waals surface area (Å²) < 4.78 is 15.2. The van der Waals surface area contributed by atoms with Crippen LogP contribution in [0.1, 0.15) is 10.4 Å². The zero-order chi connectivity index (χ0) is 15.9. The highest BCUT2D eigenvalue weighted by Gasteiger charge is 2.13. The van der Waals surface area contributed by atoms with Gasteiger partial charge in [-0.05, 0) is 36.4 Å². The minimum Gasteiger partial charge on any atom is -0.378 e. The molecular formula is C16H15FN4O. The lowest BCUT2D eigenvalue weighted by Gasteiger charge is -2.12. The van der Waals surface area contributed by atoms with E-state index in [1.54, 1.807) is 10.9 Å². The highest BCUT2D eigenvalue weighted by Crippen LogP contribution is 2.22. The number of amides is 1. The molecule has 22 heavy (non-hydrogen) atoms. The van der Waals surface area contributed by atoms with E-state index in [4.69, 9.17) is 5.73 Å². The number of nitrogens with two attached hydrogens (primary N) is 1. The van der Waals surface area contributed by atoms with Crippen molar-refractivity contribution in [2.24, 2.45) is 5.73 Å². The Balaban J connectivity index is 2.12. The standard InChI is InChI=1S/C16H15FN4O/c1-20(2)12-3-5-13(6-4-12)21-9-10-7-11(17)8-14(16(18)22)15(10)19-21/h3-9H,1-2H3,(H2,18,22). The molecule has 2 aromatic carbocycles. The fourth-order valence-electron chi connectivity index (χ4n) is 2.32. The van der Waals surface area contributed by atoms with Crippen molar-refractivity contribution in [2.75, 3.05) is 19.0 Å². The molecule has 6 heteroatoms. The van der Waals surface area contributed by atoms with Crippen molar-refractivity contribution in [3.8, 4) is 5.69 Å². The number of nitrogens with zero attached hydrogens (tertiary/aromatic N) is 3. The van der Waals surface area contributed by atoms with Crippen molar-refractivity contribution in [3.63, 3.8) is 0 Å². The average Bonchev–Trinajstić information content (AvgIpc) is 2.89. The van der Waals surface area contributed by atoms with Crippen molar-refractivity contribution < 1.29 is 9.18 Å². The lowest BCUT2D eigenvalue weighted by Crippen LogP contribution is -2.12. The first-order valence-corrected chi connectivity index (χ1v) is 6.72. The molecule has 0 fully saturated rings. The molecule has 0 radical (unpaired) electrons. The van der Waals surface area contributed by atoms with E-state index >= 15 is 0 Å². The Hall–Kier alpha value is -2.89. The molecule has 1 aromatic heterocycles. The average molecular weight is 298 g/mol. The van der Waals surface area contributed by atoms with Gasteiger partial charge >= 0.3 is 0 Å². The molecule has 0 aliphatic heterocycles. The Morgan fingerprint density at radius 3 is 2.50 bits per heavy atom. The molecule has 0 aliphatic rings. The van der Waals surface area contributed by atoms with E-state index in [0.717, 1.165) is 17.4 Å². The maximum atomic E-state index is 13.6. The van der Waals surface area contributed by atoms with Crippen molar-refractivity contribution in [3.05, 3.63) is 54.0 Å². The van der Waals surface area contributed by atoms with Crippen LogP contribution in [0.2, 0.25) is 0 Å². The third-order valence-electron chi connectivity index (χ3n) is 3.47. The number of rotatable bonds is 3. The summed E-state index contributed by atoms with van der Waals surface area (Å²) in [5.41, 5.74) is 7.64. The number of carbonyl (C=O) groups excluding carboxylic acids is 1. The van der Waals surface area contributed by atoms with E-state index in [2.05, 4.69) is 5.10 Å². The minimum absolute atomic E-state index is 0.0821. The van der Waals surface area contributed by atoms with Crippen molar-refractivity contribution in [1.29, 1.82) is 0 Å². The number of aromatic nitrogens is 2. The number of halogens is 1. The molecule has 3 rings (SSSR count). The maximum absolute atomic E-state index is 13.6. The van der Waals surface area contributed by atoms with Gasteiger partial charge in [-0.25, -0.2) is 9.07 Å². The first-order chi connectivity index (χ1) is 10.5. The number of fused-ring (bicyclic) bond motifs is 1. The summed E-state index contributed by atoms with van der Waals surface area (Å²) in [4.78, 5) is 13.4. The fraction of sp³-hybridized carbons (Fsp3) is 0.125. The summed E-state index contributed by atoms with van der Waals surface area (Å²) >= 11 is 0. The number of hydrogen-bond donors (Lipinski definition) is 1. The van der Waals surface area contributed by atoms with Crippen molar-refractivity contribution >= 4 is 22.5 Å². The van der Waals surface area contributed by atoms with Crippen LogP contribution in [-0.2, 0) is 0 Å². The molecule has 1 heterocycles. The van der Waals surface area contributed by atoms with Crippen LogP contribution in [0.5, 0.6) is 0 Å². The summed E-state index contributed by atoms with van der Waals surface area (Å²) in [6, 6.07) is 10.2. The molecule has 0 unspecified atom stereocenters. The number of carbonyl (C=O) groups is 1. The molecule has 0 saturated carbocycles. The van der Waals surface area contributed by atoms with Gasteiger partial charge in [0.25, 0.3) is 5.91 Å². The van der Waals surface area contributed by atoms with Gasteiger partial charge in [-0.1, -0.05) is 0 Å². The second kappa shape index (κ2) is 5.14. The molecule has 2 N–H and O–H groups in total. The molecule has 0 bridgehead atoms. The Morgan fingerprint density at radius 2 is 1.91 bits per heavy atom. The maximum Gasteiger partial charge on any atom is 0.251 e.